The van der Waals surface area contributed by atoms with Crippen LogP contribution in [-0.2, 0) is 4.79 Å². The van der Waals surface area contributed by atoms with Gasteiger partial charge in [-0.25, -0.2) is 9.59 Å². The third kappa shape index (κ3) is 3.89. The van der Waals surface area contributed by atoms with E-state index in [4.69, 9.17) is 11.5 Å². The largest absolute Gasteiger partial charge is 0.480 e. The topological polar surface area (TPSA) is 69.6 Å². The maximum absolute atomic E-state index is 12.1. The monoisotopic (exact) mass is 280 g/mol. The van der Waals surface area contributed by atoms with Gasteiger partial charge in [0, 0.05) is 19.5 Å². The lowest BCUT2D eigenvalue weighted by molar-refractivity contribution is -0.139. The molecule has 0 spiro atoms. The number of hydrogen-bond donors (Lipinski definition) is 2. The van der Waals surface area contributed by atoms with Crippen molar-refractivity contribution in [2.75, 3.05) is 13.1 Å². The minimum atomic E-state index is -1.09. The van der Waals surface area contributed by atoms with Crippen LogP contribution in [0.25, 0.3) is 0 Å². The molecule has 2 N–H and O–H groups in total. The number of likely N-dealkylation sites (tertiary alicyclic amines) is 1. The molecule has 1 saturated heterocycles. The molecule has 0 aromatic heterocycles. The second-order valence-corrected chi connectivity index (χ2v) is 5.44. The fraction of sp³-hybridized carbons (Fsp3) is 0.733. The van der Waals surface area contributed by atoms with Gasteiger partial charge < -0.3 is 15.3 Å². The summed E-state index contributed by atoms with van der Waals surface area (Å²) in [6, 6.07) is -1.33. The van der Waals surface area contributed by atoms with Crippen LogP contribution in [0, 0.1) is 17.8 Å². The number of urea groups is 1. The smallest absolute Gasteiger partial charge is 0.327 e. The molecular formula is C15H24N2O3. The SMILES string of the molecule is C#CCC(NC(=O)N1CCC(CC)(CC)CC1)C(=O)O. The van der Waals surface area contributed by atoms with E-state index in [0.717, 1.165) is 25.7 Å². The van der Waals surface area contributed by atoms with Crippen molar-refractivity contribution >= 4 is 12.0 Å². The number of aliphatic carboxylic acids is 1. The van der Waals surface area contributed by atoms with Crippen molar-refractivity contribution in [3.05, 3.63) is 0 Å². The van der Waals surface area contributed by atoms with E-state index in [2.05, 4.69) is 25.1 Å². The number of carboxylic acids is 1. The highest BCUT2D eigenvalue weighted by atomic mass is 16.4. The molecule has 1 aliphatic rings. The quantitative estimate of drug-likeness (QED) is 0.757. The number of nitrogens with one attached hydrogen (secondary N) is 1. The fourth-order valence-electron chi connectivity index (χ4n) is 2.70. The number of carbonyl (C=O) groups excluding carboxylic acids is 1. The van der Waals surface area contributed by atoms with Gasteiger partial charge in [-0.05, 0) is 18.3 Å². The fourth-order valence-corrected chi connectivity index (χ4v) is 2.70. The molecule has 1 aliphatic heterocycles. The lowest BCUT2D eigenvalue weighted by Crippen LogP contribution is -2.51. The van der Waals surface area contributed by atoms with Gasteiger partial charge >= 0.3 is 12.0 Å². The molecular weight excluding hydrogens is 256 g/mol. The third-order valence-corrected chi connectivity index (χ3v) is 4.53. The molecule has 0 aliphatic carbocycles. The zero-order chi connectivity index (χ0) is 15.2. The first-order chi connectivity index (χ1) is 9.48. The molecule has 1 fully saturated rings. The summed E-state index contributed by atoms with van der Waals surface area (Å²) in [5.74, 6) is 1.18. The van der Waals surface area contributed by atoms with E-state index in [-0.39, 0.29) is 12.5 Å². The van der Waals surface area contributed by atoms with E-state index >= 15 is 0 Å². The van der Waals surface area contributed by atoms with Crippen molar-refractivity contribution < 1.29 is 14.7 Å². The zero-order valence-corrected chi connectivity index (χ0v) is 12.3. The van der Waals surface area contributed by atoms with Gasteiger partial charge in [0.15, 0.2) is 0 Å². The van der Waals surface area contributed by atoms with Gasteiger partial charge in [-0.3, -0.25) is 0 Å². The van der Waals surface area contributed by atoms with E-state index in [1.54, 1.807) is 4.90 Å². The molecule has 2 amide bonds. The van der Waals surface area contributed by atoms with Crippen LogP contribution in [0.15, 0.2) is 0 Å². The van der Waals surface area contributed by atoms with Crippen molar-refractivity contribution in [3.8, 4) is 12.3 Å². The molecule has 0 bridgehead atoms. The highest BCUT2D eigenvalue weighted by Crippen LogP contribution is 2.37. The van der Waals surface area contributed by atoms with Gasteiger partial charge in [0.05, 0.1) is 0 Å². The van der Waals surface area contributed by atoms with Gasteiger partial charge in [0.1, 0.15) is 6.04 Å². The maximum atomic E-state index is 12.1. The van der Waals surface area contributed by atoms with Gasteiger partial charge in [0.25, 0.3) is 0 Å². The molecule has 1 rings (SSSR count). The predicted molar refractivity (Wildman–Crippen MR) is 77.2 cm³/mol. The zero-order valence-electron chi connectivity index (χ0n) is 12.3. The van der Waals surface area contributed by atoms with Crippen LogP contribution in [0.3, 0.4) is 0 Å². The Morgan fingerprint density at radius 1 is 1.35 bits per heavy atom. The van der Waals surface area contributed by atoms with E-state index < -0.39 is 12.0 Å². The maximum Gasteiger partial charge on any atom is 0.327 e. The van der Waals surface area contributed by atoms with E-state index in [0.29, 0.717) is 18.5 Å². The van der Waals surface area contributed by atoms with E-state index in [1.165, 1.54) is 0 Å². The summed E-state index contributed by atoms with van der Waals surface area (Å²) in [6.07, 6.45) is 9.30. The van der Waals surface area contributed by atoms with Crippen LogP contribution in [0.1, 0.15) is 46.0 Å². The van der Waals surface area contributed by atoms with Gasteiger partial charge in [-0.15, -0.1) is 12.3 Å². The van der Waals surface area contributed by atoms with Gasteiger partial charge in [-0.1, -0.05) is 26.7 Å². The summed E-state index contributed by atoms with van der Waals surface area (Å²) in [7, 11) is 0. The van der Waals surface area contributed by atoms with Crippen LogP contribution in [0.5, 0.6) is 0 Å². The molecule has 1 unspecified atom stereocenters. The number of carbonyl (C=O) groups is 2. The molecule has 0 saturated carbocycles. The van der Waals surface area contributed by atoms with Crippen molar-refractivity contribution in [2.24, 2.45) is 5.41 Å². The van der Waals surface area contributed by atoms with Gasteiger partial charge in [0.2, 0.25) is 0 Å². The standard InChI is InChI=1S/C15H24N2O3/c1-4-7-12(13(18)19)16-14(20)17-10-8-15(5-2,6-3)9-11-17/h1,12H,5-11H2,2-3H3,(H,16,20)(H,18,19). The molecule has 1 atom stereocenters. The predicted octanol–water partition coefficient (Wildman–Crippen LogP) is 2.07. The number of terminal acetylenes is 1. The Hall–Kier alpha value is -1.70. The van der Waals surface area contributed by atoms with Crippen LogP contribution in [-0.4, -0.2) is 41.1 Å². The van der Waals surface area contributed by atoms with Crippen molar-refractivity contribution in [1.29, 1.82) is 0 Å². The van der Waals surface area contributed by atoms with Crippen molar-refractivity contribution in [3.63, 3.8) is 0 Å². The Morgan fingerprint density at radius 2 is 1.90 bits per heavy atom. The van der Waals surface area contributed by atoms with E-state index in [1.807, 2.05) is 0 Å². The Balaban J connectivity index is 2.54. The molecule has 112 valence electrons. The summed E-state index contributed by atoms with van der Waals surface area (Å²) < 4.78 is 0. The van der Waals surface area contributed by atoms with Crippen LogP contribution < -0.4 is 5.32 Å². The number of amides is 2. The molecule has 0 aromatic carbocycles. The lowest BCUT2D eigenvalue weighted by atomic mass is 9.74. The molecule has 0 aromatic rings. The normalized spacial score (nSPS) is 18.9. The third-order valence-electron chi connectivity index (χ3n) is 4.53. The lowest BCUT2D eigenvalue weighted by Gasteiger charge is -2.41. The first-order valence-corrected chi connectivity index (χ1v) is 7.19. The molecule has 0 radical (unpaired) electrons. The molecule has 20 heavy (non-hydrogen) atoms. The summed E-state index contributed by atoms with van der Waals surface area (Å²) in [5, 5.41) is 11.5. The highest BCUT2D eigenvalue weighted by molar-refractivity contribution is 5.82. The highest BCUT2D eigenvalue weighted by Gasteiger charge is 2.33. The van der Waals surface area contributed by atoms with Crippen molar-refractivity contribution in [2.45, 2.75) is 52.0 Å². The van der Waals surface area contributed by atoms with E-state index in [9.17, 15) is 9.59 Å². The summed E-state index contributed by atoms with van der Waals surface area (Å²) in [6.45, 7) is 5.73. The molecule has 1 heterocycles. The van der Waals surface area contributed by atoms with Gasteiger partial charge in [-0.2, -0.15) is 0 Å². The number of rotatable bonds is 5. The Morgan fingerprint density at radius 3 is 2.30 bits per heavy atom. The minimum absolute atomic E-state index is 0.00275. The Kier molecular flexibility index (Phi) is 5.87. The summed E-state index contributed by atoms with van der Waals surface area (Å²) in [4.78, 5) is 24.7. The first kappa shape index (κ1) is 16.4. The minimum Gasteiger partial charge on any atom is -0.480 e. The number of nitrogens with zero attached hydrogens (tertiary/aromatic N) is 1. The second kappa shape index (κ2) is 7.18. The molecule has 5 heteroatoms. The van der Waals surface area contributed by atoms with Crippen molar-refractivity contribution in [1.82, 2.24) is 10.2 Å². The van der Waals surface area contributed by atoms with Crippen LogP contribution in [0.4, 0.5) is 4.79 Å². The second-order valence-electron chi connectivity index (χ2n) is 5.44. The number of piperidine rings is 1. The first-order valence-electron chi connectivity index (χ1n) is 7.19. The van der Waals surface area contributed by atoms with Crippen LogP contribution in [0.2, 0.25) is 0 Å². The summed E-state index contributed by atoms with van der Waals surface area (Å²) >= 11 is 0. The Labute approximate surface area is 120 Å². The number of hydrogen-bond acceptors (Lipinski definition) is 2. The van der Waals surface area contributed by atoms with Crippen LogP contribution >= 0.6 is 0 Å². The average molecular weight is 280 g/mol. The average Bonchev–Trinajstić information content (AvgIpc) is 2.46. The summed E-state index contributed by atoms with van der Waals surface area (Å²) in [5.41, 5.74) is 0.335. The number of carboxylic acid groups (broad SMARTS) is 1. The molecule has 5 nitrogen and oxygen atoms in total. The Bertz CT molecular complexity index is 386.